The average molecular weight is 275 g/mol. The summed E-state index contributed by atoms with van der Waals surface area (Å²) in [5, 5.41) is 8.49. The Morgan fingerprint density at radius 2 is 2.11 bits per heavy atom. The maximum absolute atomic E-state index is 11.8. The van der Waals surface area contributed by atoms with E-state index in [1.165, 1.54) is 19.4 Å². The SMILES string of the molecule is CC(C)Cn1cnc(S(=O)(=O)N[C@H](C)C(=O)O)c1. The Kier molecular flexibility index (Phi) is 4.47. The molecule has 0 amide bonds. The van der Waals surface area contributed by atoms with E-state index in [1.807, 2.05) is 18.6 Å². The zero-order valence-corrected chi connectivity index (χ0v) is 11.3. The maximum Gasteiger partial charge on any atom is 0.321 e. The number of aromatic nitrogens is 2. The number of hydrogen-bond donors (Lipinski definition) is 2. The Balaban J connectivity index is 2.85. The van der Waals surface area contributed by atoms with Crippen molar-refractivity contribution in [3.05, 3.63) is 12.5 Å². The van der Waals surface area contributed by atoms with E-state index in [4.69, 9.17) is 5.11 Å². The van der Waals surface area contributed by atoms with E-state index in [0.29, 0.717) is 12.5 Å². The highest BCUT2D eigenvalue weighted by Gasteiger charge is 2.23. The third-order valence-corrected chi connectivity index (χ3v) is 3.59. The van der Waals surface area contributed by atoms with Crippen LogP contribution in [0.2, 0.25) is 0 Å². The predicted octanol–water partition coefficient (Wildman–Crippen LogP) is 0.290. The highest BCUT2D eigenvalue weighted by Crippen LogP contribution is 2.08. The maximum atomic E-state index is 11.8. The van der Waals surface area contributed by atoms with Crippen LogP contribution in [0.15, 0.2) is 17.6 Å². The van der Waals surface area contributed by atoms with Gasteiger partial charge in [0.05, 0.1) is 6.33 Å². The summed E-state index contributed by atoms with van der Waals surface area (Å²) in [5.74, 6) is -0.874. The first-order valence-electron chi connectivity index (χ1n) is 5.49. The van der Waals surface area contributed by atoms with E-state index in [2.05, 4.69) is 4.98 Å². The average Bonchev–Trinajstić information content (AvgIpc) is 2.64. The number of imidazole rings is 1. The molecule has 0 unspecified atom stereocenters. The molecule has 0 bridgehead atoms. The van der Waals surface area contributed by atoms with Crippen LogP contribution in [0.3, 0.4) is 0 Å². The molecule has 18 heavy (non-hydrogen) atoms. The van der Waals surface area contributed by atoms with Gasteiger partial charge in [0, 0.05) is 12.7 Å². The molecular formula is C10H17N3O4S. The number of carbonyl (C=O) groups is 1. The van der Waals surface area contributed by atoms with Crippen molar-refractivity contribution >= 4 is 16.0 Å². The van der Waals surface area contributed by atoms with Crippen molar-refractivity contribution < 1.29 is 18.3 Å². The normalized spacial score (nSPS) is 13.8. The van der Waals surface area contributed by atoms with Crippen LogP contribution >= 0.6 is 0 Å². The highest BCUT2D eigenvalue weighted by molar-refractivity contribution is 7.89. The number of nitrogens with one attached hydrogen (secondary N) is 1. The van der Waals surface area contributed by atoms with Gasteiger partial charge in [-0.1, -0.05) is 13.8 Å². The van der Waals surface area contributed by atoms with Crippen molar-refractivity contribution in [2.45, 2.75) is 38.4 Å². The molecule has 1 heterocycles. The summed E-state index contributed by atoms with van der Waals surface area (Å²) in [6, 6.07) is -1.19. The summed E-state index contributed by atoms with van der Waals surface area (Å²) in [5.41, 5.74) is 0. The molecule has 0 aliphatic carbocycles. The molecule has 0 saturated heterocycles. The second-order valence-electron chi connectivity index (χ2n) is 4.48. The van der Waals surface area contributed by atoms with Crippen LogP contribution in [0.4, 0.5) is 0 Å². The van der Waals surface area contributed by atoms with Crippen LogP contribution in [-0.2, 0) is 21.4 Å². The number of nitrogens with zero attached hydrogens (tertiary/aromatic N) is 2. The number of aliphatic carboxylic acids is 1. The Labute approximate surface area is 106 Å². The zero-order valence-electron chi connectivity index (χ0n) is 10.5. The van der Waals surface area contributed by atoms with Crippen LogP contribution in [0.25, 0.3) is 0 Å². The fourth-order valence-corrected chi connectivity index (χ4v) is 2.49. The minimum absolute atomic E-state index is 0.170. The lowest BCUT2D eigenvalue weighted by Crippen LogP contribution is -2.38. The van der Waals surface area contributed by atoms with Gasteiger partial charge in [-0.3, -0.25) is 4.79 Å². The van der Waals surface area contributed by atoms with E-state index in [-0.39, 0.29) is 5.03 Å². The number of sulfonamides is 1. The fraction of sp³-hybridized carbons (Fsp3) is 0.600. The zero-order chi connectivity index (χ0) is 13.9. The molecule has 1 atom stereocenters. The molecule has 8 heteroatoms. The van der Waals surface area contributed by atoms with E-state index in [1.54, 1.807) is 4.57 Å². The van der Waals surface area contributed by atoms with E-state index in [9.17, 15) is 13.2 Å². The van der Waals surface area contributed by atoms with Gasteiger partial charge in [-0.05, 0) is 12.8 Å². The number of hydrogen-bond acceptors (Lipinski definition) is 4. The Hall–Kier alpha value is -1.41. The van der Waals surface area contributed by atoms with Crippen molar-refractivity contribution in [2.24, 2.45) is 5.92 Å². The quantitative estimate of drug-likeness (QED) is 0.777. The largest absolute Gasteiger partial charge is 0.480 e. The van der Waals surface area contributed by atoms with Crippen LogP contribution in [-0.4, -0.2) is 35.1 Å². The highest BCUT2D eigenvalue weighted by atomic mass is 32.2. The molecule has 1 rings (SSSR count). The van der Waals surface area contributed by atoms with Crippen molar-refractivity contribution in [2.75, 3.05) is 0 Å². The first-order valence-corrected chi connectivity index (χ1v) is 6.97. The molecule has 1 aromatic heterocycles. The fourth-order valence-electron chi connectivity index (χ4n) is 1.34. The second-order valence-corrected chi connectivity index (χ2v) is 6.14. The van der Waals surface area contributed by atoms with Crippen LogP contribution in [0, 0.1) is 5.92 Å². The molecule has 1 aromatic rings. The van der Waals surface area contributed by atoms with Gasteiger partial charge >= 0.3 is 5.97 Å². The second kappa shape index (κ2) is 5.49. The van der Waals surface area contributed by atoms with Crippen LogP contribution in [0.1, 0.15) is 20.8 Å². The van der Waals surface area contributed by atoms with Gasteiger partial charge in [0.15, 0.2) is 5.03 Å². The number of carboxylic acid groups (broad SMARTS) is 1. The molecule has 0 saturated carbocycles. The molecule has 0 radical (unpaired) electrons. The van der Waals surface area contributed by atoms with Gasteiger partial charge in [-0.2, -0.15) is 4.72 Å². The smallest absolute Gasteiger partial charge is 0.321 e. The summed E-state index contributed by atoms with van der Waals surface area (Å²) in [7, 11) is -3.88. The Bertz CT molecular complexity index is 521. The molecule has 102 valence electrons. The van der Waals surface area contributed by atoms with E-state index >= 15 is 0 Å². The van der Waals surface area contributed by atoms with Crippen molar-refractivity contribution in [3.8, 4) is 0 Å². The first-order chi connectivity index (χ1) is 8.22. The van der Waals surface area contributed by atoms with E-state index < -0.39 is 22.0 Å². The molecule has 7 nitrogen and oxygen atoms in total. The number of rotatable bonds is 6. The molecular weight excluding hydrogens is 258 g/mol. The minimum Gasteiger partial charge on any atom is -0.480 e. The first kappa shape index (κ1) is 14.7. The Morgan fingerprint density at radius 1 is 1.50 bits per heavy atom. The monoisotopic (exact) mass is 275 g/mol. The van der Waals surface area contributed by atoms with Gasteiger partial charge in [0.25, 0.3) is 10.0 Å². The lowest BCUT2D eigenvalue weighted by atomic mass is 10.2. The molecule has 0 fully saturated rings. The molecule has 2 N–H and O–H groups in total. The molecule has 0 spiro atoms. The van der Waals surface area contributed by atoms with Gasteiger partial charge < -0.3 is 9.67 Å². The van der Waals surface area contributed by atoms with Crippen molar-refractivity contribution in [1.29, 1.82) is 0 Å². The lowest BCUT2D eigenvalue weighted by molar-refractivity contribution is -0.138. The molecule has 0 aliphatic rings. The molecule has 0 aromatic carbocycles. The summed E-state index contributed by atoms with van der Waals surface area (Å²) in [6.45, 7) is 5.90. The summed E-state index contributed by atoms with van der Waals surface area (Å²) >= 11 is 0. The topological polar surface area (TPSA) is 101 Å². The van der Waals surface area contributed by atoms with Crippen LogP contribution < -0.4 is 4.72 Å². The minimum atomic E-state index is -3.88. The molecule has 0 aliphatic heterocycles. The summed E-state index contributed by atoms with van der Waals surface area (Å²) in [6.07, 6.45) is 2.80. The summed E-state index contributed by atoms with van der Waals surface area (Å²) in [4.78, 5) is 14.4. The van der Waals surface area contributed by atoms with Gasteiger partial charge in [0.1, 0.15) is 6.04 Å². The van der Waals surface area contributed by atoms with Gasteiger partial charge in [-0.25, -0.2) is 13.4 Å². The van der Waals surface area contributed by atoms with Crippen molar-refractivity contribution in [1.82, 2.24) is 14.3 Å². The van der Waals surface area contributed by atoms with Gasteiger partial charge in [0.2, 0.25) is 0 Å². The lowest BCUT2D eigenvalue weighted by Gasteiger charge is -2.08. The van der Waals surface area contributed by atoms with Crippen molar-refractivity contribution in [3.63, 3.8) is 0 Å². The van der Waals surface area contributed by atoms with E-state index in [0.717, 1.165) is 0 Å². The Morgan fingerprint density at radius 3 is 2.61 bits per heavy atom. The standard InChI is InChI=1S/C10H17N3O4S/c1-7(2)4-13-5-9(11-6-13)18(16,17)12-8(3)10(14)15/h5-8,12H,4H2,1-3H3,(H,14,15)/t8-/m1/s1. The predicted molar refractivity (Wildman–Crippen MR) is 64.5 cm³/mol. The third-order valence-electron chi connectivity index (χ3n) is 2.16. The number of carboxylic acids is 1. The van der Waals surface area contributed by atoms with Crippen LogP contribution in [0.5, 0.6) is 0 Å². The third kappa shape index (κ3) is 3.81. The van der Waals surface area contributed by atoms with Gasteiger partial charge in [-0.15, -0.1) is 0 Å². The summed E-state index contributed by atoms with van der Waals surface area (Å²) < 4.78 is 27.3.